The van der Waals surface area contributed by atoms with Gasteiger partial charge in [0.1, 0.15) is 18.9 Å². The normalized spacial score (nSPS) is 18.4. The van der Waals surface area contributed by atoms with E-state index in [1.54, 1.807) is 0 Å². The largest absolute Gasteiger partial charge is 1.00 e. The zero-order valence-corrected chi connectivity index (χ0v) is 27.4. The molecule has 1 aromatic carbocycles. The summed E-state index contributed by atoms with van der Waals surface area (Å²) in [4.78, 5) is 17.0. The number of aromatic nitrogens is 2. The molecule has 0 atom stereocenters. The fraction of sp³-hybridized carbons (Fsp3) is 0.567. The summed E-state index contributed by atoms with van der Waals surface area (Å²) in [5.41, 5.74) is 4.06. The number of thiocarbonyl (C=S) groups is 1. The van der Waals surface area contributed by atoms with Gasteiger partial charge in [-0.15, -0.1) is 0 Å². The summed E-state index contributed by atoms with van der Waals surface area (Å²) in [6.07, 6.45) is 3.88. The summed E-state index contributed by atoms with van der Waals surface area (Å²) in [5, 5.41) is 10.8. The van der Waals surface area contributed by atoms with Crippen LogP contribution in [0.15, 0.2) is 36.4 Å². The topological polar surface area (TPSA) is 85.5 Å². The molecule has 0 radical (unpaired) electrons. The van der Waals surface area contributed by atoms with Crippen LogP contribution in [0.1, 0.15) is 11.4 Å². The van der Waals surface area contributed by atoms with Crippen molar-refractivity contribution in [2.24, 2.45) is 0 Å². The molecule has 0 unspecified atom stereocenters. The van der Waals surface area contributed by atoms with Crippen molar-refractivity contribution >= 4 is 47.1 Å². The monoisotopic (exact) mass is 661 g/mol. The number of hydrogen-bond acceptors (Lipinski definition) is 9. The van der Waals surface area contributed by atoms with Crippen LogP contribution in [-0.4, -0.2) is 128 Å². The van der Waals surface area contributed by atoms with E-state index in [-0.39, 0.29) is 17.1 Å². The third-order valence-electron chi connectivity index (χ3n) is 7.45. The van der Waals surface area contributed by atoms with Crippen LogP contribution in [0.3, 0.4) is 0 Å². The maximum Gasteiger partial charge on any atom is 1.00 e. The predicted molar refractivity (Wildman–Crippen MR) is 173 cm³/mol. The summed E-state index contributed by atoms with van der Waals surface area (Å²) < 4.78 is 16.5. The van der Waals surface area contributed by atoms with Crippen LogP contribution in [0.25, 0.3) is 27.2 Å². The van der Waals surface area contributed by atoms with Crippen LogP contribution in [0, 0.1) is 13.8 Å². The molecule has 0 N–H and O–H groups in total. The van der Waals surface area contributed by atoms with Gasteiger partial charge >= 0.3 is 17.1 Å². The van der Waals surface area contributed by atoms with Gasteiger partial charge in [0.25, 0.3) is 0 Å². The summed E-state index contributed by atoms with van der Waals surface area (Å²) >= 11 is 3.70. The Labute approximate surface area is 267 Å². The van der Waals surface area contributed by atoms with Crippen molar-refractivity contribution in [1.29, 1.82) is 0 Å². The number of isothiocyanates is 1. The van der Waals surface area contributed by atoms with E-state index in [0.717, 1.165) is 112 Å². The van der Waals surface area contributed by atoms with E-state index in [2.05, 4.69) is 61.2 Å². The molecule has 12 heteroatoms. The van der Waals surface area contributed by atoms with Gasteiger partial charge in [-0.2, -0.15) is 5.16 Å². The van der Waals surface area contributed by atoms with Crippen LogP contribution >= 0.6 is 20.1 Å². The molecule has 0 amide bonds. The fourth-order valence-corrected chi connectivity index (χ4v) is 8.49. The third-order valence-corrected chi connectivity index (χ3v) is 10.1. The van der Waals surface area contributed by atoms with Gasteiger partial charge in [-0.3, -0.25) is 24.7 Å². The maximum atomic E-state index is 7.13. The second-order valence-electron chi connectivity index (χ2n) is 10.6. The Bertz CT molecular complexity index is 1160. The number of aryl methyl sites for hydroxylation is 2. The molecule has 3 aliphatic rings. The molecular weight excluding hydrogens is 619 g/mol. The van der Waals surface area contributed by atoms with Gasteiger partial charge in [0.2, 0.25) is 0 Å². The van der Waals surface area contributed by atoms with Gasteiger partial charge in [0.05, 0.1) is 50.7 Å². The van der Waals surface area contributed by atoms with Crippen LogP contribution in [0.2, 0.25) is 0 Å². The average molecular weight is 662 g/mol. The third kappa shape index (κ3) is 11.2. The standard InChI is InChI=1S/C15H30N3O3P.C14H12N2.CNS.Cu/c1-7-19-8-2-16(1)13-22(14-17-3-9-20-10-4-17)15-18-5-11-21-12-6-18;1-9-3-5-11-7-8-12-6-4-10(2)16-14(12)13(11)15-9;2-1-3;/h1-15H2;3-8H,1-2H3;;/q;;-1;+1/p+1. The van der Waals surface area contributed by atoms with Gasteiger partial charge in [0.15, 0.2) is 0 Å². The minimum Gasteiger partial charge on any atom is -0.753 e. The number of fused-ring (bicyclic) bond motifs is 3. The molecule has 3 fully saturated rings. The molecule has 0 spiro atoms. The summed E-state index contributed by atoms with van der Waals surface area (Å²) in [5.74, 6) is 0. The number of pyridine rings is 2. The first-order valence-corrected chi connectivity index (χ1v) is 17.0. The van der Waals surface area contributed by atoms with E-state index in [4.69, 9.17) is 19.6 Å². The zero-order chi connectivity index (χ0) is 28.9. The molecule has 0 aliphatic carbocycles. The van der Waals surface area contributed by atoms with Crippen LogP contribution in [0.5, 0.6) is 0 Å². The number of ether oxygens (including phenoxy) is 3. The first kappa shape index (κ1) is 35.0. The molecule has 3 aliphatic heterocycles. The minimum absolute atomic E-state index is 0. The molecule has 3 aromatic rings. The number of hydrogen-bond donors (Lipinski definition) is 0. The van der Waals surface area contributed by atoms with E-state index in [0.29, 0.717) is 0 Å². The van der Waals surface area contributed by atoms with Crippen LogP contribution < -0.4 is 0 Å². The number of benzene rings is 1. The minimum atomic E-state index is -0.430. The molecule has 0 bridgehead atoms. The first-order chi connectivity index (χ1) is 20.1. The van der Waals surface area contributed by atoms with E-state index in [9.17, 15) is 0 Å². The first-order valence-electron chi connectivity index (χ1n) is 14.4. The maximum absolute atomic E-state index is 7.13. The zero-order valence-electron chi connectivity index (χ0n) is 24.7. The van der Waals surface area contributed by atoms with E-state index in [1.807, 2.05) is 26.0 Å². The quantitative estimate of drug-likeness (QED) is 0.127. The molecule has 3 saturated heterocycles. The number of nitrogens with zero attached hydrogens (tertiary/aromatic N) is 6. The second kappa shape index (κ2) is 19.0. The molecule has 42 heavy (non-hydrogen) atoms. The van der Waals surface area contributed by atoms with Crippen molar-refractivity contribution in [3.8, 4) is 0 Å². The van der Waals surface area contributed by atoms with Crippen molar-refractivity contribution in [1.82, 2.24) is 24.7 Å². The van der Waals surface area contributed by atoms with E-state index in [1.165, 1.54) is 24.0 Å². The van der Waals surface area contributed by atoms with Gasteiger partial charge in [-0.25, -0.2) is 0 Å². The van der Waals surface area contributed by atoms with Crippen LogP contribution in [0.4, 0.5) is 0 Å². The number of rotatable bonds is 6. The van der Waals surface area contributed by atoms with Gasteiger partial charge in [-0.1, -0.05) is 36.5 Å². The Morgan fingerprint density at radius 1 is 0.667 bits per heavy atom. The Kier molecular flexibility index (Phi) is 15.9. The predicted octanol–water partition coefficient (Wildman–Crippen LogP) is 4.13. The van der Waals surface area contributed by atoms with Crippen molar-refractivity contribution in [2.75, 3.05) is 97.8 Å². The molecule has 6 rings (SSSR count). The summed E-state index contributed by atoms with van der Waals surface area (Å²) in [6, 6.07) is 12.5. The van der Waals surface area contributed by atoms with Crippen molar-refractivity contribution < 1.29 is 31.3 Å². The van der Waals surface area contributed by atoms with E-state index >= 15 is 0 Å². The van der Waals surface area contributed by atoms with Gasteiger partial charge in [-0.05, 0) is 26.0 Å². The second-order valence-corrected chi connectivity index (χ2v) is 13.3. The molecular formula is C30H43CuN6O3PS+. The molecule has 232 valence electrons. The molecule has 2 aromatic heterocycles. The Balaban J connectivity index is 0.000000214. The number of morpholine rings is 3. The van der Waals surface area contributed by atoms with Crippen LogP contribution in [-0.2, 0) is 31.3 Å². The van der Waals surface area contributed by atoms with Crippen molar-refractivity contribution in [2.45, 2.75) is 13.8 Å². The average Bonchev–Trinajstić information content (AvgIpc) is 2.99. The van der Waals surface area contributed by atoms with Crippen molar-refractivity contribution in [3.05, 3.63) is 53.2 Å². The fourth-order valence-electron chi connectivity index (χ4n) is 5.34. The SMILES string of the molecule is C1CN(C[PH+](CN2CCOCC2)CN2CCOCC2)CCO1.Cc1ccc2ccc3ccc(C)nc3c2n1.[Cu+].[N-]=C=S. The molecule has 9 nitrogen and oxygen atoms in total. The van der Waals surface area contributed by atoms with Crippen molar-refractivity contribution in [3.63, 3.8) is 0 Å². The summed E-state index contributed by atoms with van der Waals surface area (Å²) in [7, 11) is -0.430. The Morgan fingerprint density at radius 2 is 0.952 bits per heavy atom. The van der Waals surface area contributed by atoms with Gasteiger partial charge in [0, 0.05) is 69.4 Å². The molecule has 0 saturated carbocycles. The summed E-state index contributed by atoms with van der Waals surface area (Å²) in [6.45, 7) is 16.1. The molecule has 5 heterocycles. The van der Waals surface area contributed by atoms with Gasteiger partial charge < -0.3 is 19.6 Å². The van der Waals surface area contributed by atoms with E-state index < -0.39 is 7.92 Å². The Morgan fingerprint density at radius 3 is 1.26 bits per heavy atom. The smallest absolute Gasteiger partial charge is 0.753 e. The Hall–Kier alpha value is -1.45.